The van der Waals surface area contributed by atoms with Crippen molar-refractivity contribution >= 4 is 16.5 Å². The Balaban J connectivity index is 1.66. The Kier molecular flexibility index (Phi) is 3.38. The van der Waals surface area contributed by atoms with E-state index < -0.39 is 0 Å². The molecule has 0 unspecified atom stereocenters. The molecule has 2 aromatic rings. The van der Waals surface area contributed by atoms with Gasteiger partial charge < -0.3 is 10.1 Å². The first kappa shape index (κ1) is 13.4. The Hall–Kier alpha value is -1.62. The quantitative estimate of drug-likeness (QED) is 0.941. The number of ether oxygens (including phenoxy) is 1. The molecule has 0 saturated heterocycles. The summed E-state index contributed by atoms with van der Waals surface area (Å²) >= 11 is 1.63. The average Bonchev–Trinajstić information content (AvgIpc) is 3.04. The predicted molar refractivity (Wildman–Crippen MR) is 81.6 cm³/mol. The van der Waals surface area contributed by atoms with Crippen LogP contribution in [0.2, 0.25) is 0 Å². The van der Waals surface area contributed by atoms with Crippen molar-refractivity contribution in [3.63, 3.8) is 0 Å². The smallest absolute Gasteiger partial charge is 0.205 e. The first-order valence-corrected chi connectivity index (χ1v) is 7.66. The first-order chi connectivity index (χ1) is 9.52. The predicted octanol–water partition coefficient (Wildman–Crippen LogP) is 3.38. The lowest BCUT2D eigenvalue weighted by Gasteiger charge is -2.12. The van der Waals surface area contributed by atoms with Gasteiger partial charge in [-0.2, -0.15) is 0 Å². The van der Waals surface area contributed by atoms with Crippen LogP contribution < -0.4 is 10.1 Å². The molecule has 0 radical (unpaired) electrons. The molecule has 4 nitrogen and oxygen atoms in total. The number of nitrogens with one attached hydrogen (secondary N) is 1. The minimum atomic E-state index is 0.0580. The first-order valence-electron chi connectivity index (χ1n) is 6.85. The van der Waals surface area contributed by atoms with Gasteiger partial charge in [0.05, 0.1) is 6.61 Å². The molecule has 1 aliphatic heterocycles. The van der Waals surface area contributed by atoms with Gasteiger partial charge in [-0.3, -0.25) is 0 Å². The van der Waals surface area contributed by atoms with Gasteiger partial charge in [-0.25, -0.2) is 0 Å². The highest BCUT2D eigenvalue weighted by atomic mass is 32.1. The van der Waals surface area contributed by atoms with Crippen molar-refractivity contribution in [3.05, 3.63) is 34.3 Å². The number of fused-ring (bicyclic) bond motifs is 1. The standard InChI is InChI=1S/C15H19N3OS/c1-15(2,3)13-17-18-14(20-13)16-9-10-4-5-12-11(8-10)6-7-19-12/h4-5,8H,6-7,9H2,1-3H3,(H,16,18). The van der Waals surface area contributed by atoms with Gasteiger partial charge in [0.1, 0.15) is 10.8 Å². The summed E-state index contributed by atoms with van der Waals surface area (Å²) < 4.78 is 5.52. The number of nitrogens with zero attached hydrogens (tertiary/aromatic N) is 2. The molecule has 5 heteroatoms. The molecule has 1 aromatic heterocycles. The van der Waals surface area contributed by atoms with Gasteiger partial charge in [-0.1, -0.05) is 44.2 Å². The molecule has 0 aliphatic carbocycles. The maximum absolute atomic E-state index is 5.52. The summed E-state index contributed by atoms with van der Waals surface area (Å²) in [5, 5.41) is 13.7. The third-order valence-electron chi connectivity index (χ3n) is 3.26. The van der Waals surface area contributed by atoms with Crippen LogP contribution in [0.1, 0.15) is 36.9 Å². The van der Waals surface area contributed by atoms with Gasteiger partial charge in [-0.15, -0.1) is 10.2 Å². The molecule has 106 valence electrons. The minimum Gasteiger partial charge on any atom is -0.493 e. The van der Waals surface area contributed by atoms with E-state index in [0.29, 0.717) is 0 Å². The number of benzene rings is 1. The summed E-state index contributed by atoms with van der Waals surface area (Å²) in [6.45, 7) is 8.02. The van der Waals surface area contributed by atoms with Gasteiger partial charge in [0.25, 0.3) is 0 Å². The molecular formula is C15H19N3OS. The van der Waals surface area contributed by atoms with Crippen molar-refractivity contribution in [3.8, 4) is 5.75 Å². The molecular weight excluding hydrogens is 270 g/mol. The molecule has 20 heavy (non-hydrogen) atoms. The maximum Gasteiger partial charge on any atom is 0.205 e. The van der Waals surface area contributed by atoms with E-state index in [0.717, 1.165) is 35.5 Å². The zero-order valence-electron chi connectivity index (χ0n) is 12.1. The Morgan fingerprint density at radius 1 is 1.30 bits per heavy atom. The van der Waals surface area contributed by atoms with Crippen molar-refractivity contribution in [1.29, 1.82) is 0 Å². The number of rotatable bonds is 3. The Morgan fingerprint density at radius 2 is 2.15 bits per heavy atom. The largest absolute Gasteiger partial charge is 0.493 e. The fraction of sp³-hybridized carbons (Fsp3) is 0.467. The van der Waals surface area contributed by atoms with Crippen LogP contribution in [-0.2, 0) is 18.4 Å². The van der Waals surface area contributed by atoms with E-state index in [2.05, 4.69) is 54.5 Å². The van der Waals surface area contributed by atoms with E-state index in [1.807, 2.05) is 0 Å². The second-order valence-corrected chi connectivity index (χ2v) is 7.03. The number of aromatic nitrogens is 2. The van der Waals surface area contributed by atoms with Gasteiger partial charge >= 0.3 is 0 Å². The lowest BCUT2D eigenvalue weighted by atomic mass is 9.98. The van der Waals surface area contributed by atoms with E-state index >= 15 is 0 Å². The van der Waals surface area contributed by atoms with E-state index in [9.17, 15) is 0 Å². The molecule has 0 atom stereocenters. The van der Waals surface area contributed by atoms with Crippen LogP contribution in [-0.4, -0.2) is 16.8 Å². The SMILES string of the molecule is CC(C)(C)c1nnc(NCc2ccc3c(c2)CCO3)s1. The van der Waals surface area contributed by atoms with Crippen LogP contribution >= 0.6 is 11.3 Å². The lowest BCUT2D eigenvalue weighted by molar-refractivity contribution is 0.357. The van der Waals surface area contributed by atoms with Gasteiger partial charge in [0.15, 0.2) is 0 Å². The van der Waals surface area contributed by atoms with Crippen LogP contribution in [0, 0.1) is 0 Å². The summed E-state index contributed by atoms with van der Waals surface area (Å²) in [6, 6.07) is 6.37. The molecule has 2 heterocycles. The van der Waals surface area contributed by atoms with E-state index in [1.54, 1.807) is 11.3 Å². The summed E-state index contributed by atoms with van der Waals surface area (Å²) in [5.41, 5.74) is 2.61. The second-order valence-electron chi connectivity index (χ2n) is 6.06. The average molecular weight is 289 g/mol. The fourth-order valence-corrected chi connectivity index (χ4v) is 2.92. The Labute approximate surface area is 123 Å². The van der Waals surface area contributed by atoms with Crippen LogP contribution in [0.3, 0.4) is 0 Å². The normalized spacial score (nSPS) is 13.9. The van der Waals surface area contributed by atoms with E-state index in [1.165, 1.54) is 11.1 Å². The highest BCUT2D eigenvalue weighted by Crippen LogP contribution is 2.29. The van der Waals surface area contributed by atoms with Crippen molar-refractivity contribution in [2.24, 2.45) is 0 Å². The lowest BCUT2D eigenvalue weighted by Crippen LogP contribution is -2.10. The monoisotopic (exact) mass is 289 g/mol. The van der Waals surface area contributed by atoms with Crippen LogP contribution in [0.15, 0.2) is 18.2 Å². The molecule has 1 N–H and O–H groups in total. The molecule has 1 aromatic carbocycles. The number of hydrogen-bond acceptors (Lipinski definition) is 5. The Morgan fingerprint density at radius 3 is 2.90 bits per heavy atom. The fourth-order valence-electron chi connectivity index (χ4n) is 2.13. The second kappa shape index (κ2) is 5.05. The summed E-state index contributed by atoms with van der Waals surface area (Å²) in [4.78, 5) is 0. The highest BCUT2D eigenvalue weighted by molar-refractivity contribution is 7.15. The summed E-state index contributed by atoms with van der Waals surface area (Å²) in [5.74, 6) is 1.03. The third kappa shape index (κ3) is 2.77. The highest BCUT2D eigenvalue weighted by Gasteiger charge is 2.19. The third-order valence-corrected chi connectivity index (χ3v) is 4.57. The molecule has 0 amide bonds. The molecule has 3 rings (SSSR count). The number of anilines is 1. The molecule has 0 bridgehead atoms. The van der Waals surface area contributed by atoms with Crippen molar-refractivity contribution < 1.29 is 4.74 Å². The van der Waals surface area contributed by atoms with Crippen molar-refractivity contribution in [2.45, 2.75) is 39.2 Å². The molecule has 0 saturated carbocycles. The van der Waals surface area contributed by atoms with Gasteiger partial charge in [0, 0.05) is 18.4 Å². The van der Waals surface area contributed by atoms with E-state index in [-0.39, 0.29) is 5.41 Å². The Bertz CT molecular complexity index is 616. The number of hydrogen-bond donors (Lipinski definition) is 1. The topological polar surface area (TPSA) is 47.0 Å². The zero-order chi connectivity index (χ0) is 14.2. The molecule has 1 aliphatic rings. The maximum atomic E-state index is 5.52. The van der Waals surface area contributed by atoms with Crippen LogP contribution in [0.4, 0.5) is 5.13 Å². The van der Waals surface area contributed by atoms with Gasteiger partial charge in [-0.05, 0) is 17.2 Å². The van der Waals surface area contributed by atoms with Gasteiger partial charge in [0.2, 0.25) is 5.13 Å². The zero-order valence-corrected chi connectivity index (χ0v) is 12.9. The molecule has 0 spiro atoms. The van der Waals surface area contributed by atoms with Crippen molar-refractivity contribution in [2.75, 3.05) is 11.9 Å². The summed E-state index contributed by atoms with van der Waals surface area (Å²) in [7, 11) is 0. The minimum absolute atomic E-state index is 0.0580. The van der Waals surface area contributed by atoms with E-state index in [4.69, 9.17) is 4.74 Å². The van der Waals surface area contributed by atoms with Crippen LogP contribution in [0.25, 0.3) is 0 Å². The van der Waals surface area contributed by atoms with Crippen LogP contribution in [0.5, 0.6) is 5.75 Å². The summed E-state index contributed by atoms with van der Waals surface area (Å²) in [6.07, 6.45) is 1.01. The van der Waals surface area contributed by atoms with Crippen molar-refractivity contribution in [1.82, 2.24) is 10.2 Å². The molecule has 0 fully saturated rings.